The number of hydrogen-bond donors (Lipinski definition) is 1. The van der Waals surface area contributed by atoms with Gasteiger partial charge in [-0.25, -0.2) is 0 Å². The lowest BCUT2D eigenvalue weighted by Gasteiger charge is -2.36. The normalized spacial score (nSPS) is 28.6. The lowest BCUT2D eigenvalue weighted by atomic mass is 10.0. The first-order valence-electron chi connectivity index (χ1n) is 7.80. The van der Waals surface area contributed by atoms with Crippen LogP contribution in [0.1, 0.15) is 25.7 Å². The van der Waals surface area contributed by atoms with Gasteiger partial charge in [0.2, 0.25) is 0 Å². The SMILES string of the molecule is CN1[C@@H]2CC[C@H]1C[C@H](Sc1ccc3[nH]c(=S)n(C)c3c1Cl)C2. The van der Waals surface area contributed by atoms with Crippen LogP contribution in [-0.2, 0) is 7.05 Å². The van der Waals surface area contributed by atoms with Crippen LogP contribution in [0.4, 0.5) is 0 Å². The first-order valence-corrected chi connectivity index (χ1v) is 9.47. The Morgan fingerprint density at radius 1 is 1.23 bits per heavy atom. The Morgan fingerprint density at radius 2 is 1.91 bits per heavy atom. The molecule has 3 heterocycles. The van der Waals surface area contributed by atoms with Gasteiger partial charge in [0, 0.05) is 29.3 Å². The van der Waals surface area contributed by atoms with E-state index in [4.69, 9.17) is 23.8 Å². The predicted octanol–water partition coefficient (Wildman–Crippen LogP) is 4.61. The monoisotopic (exact) mass is 353 g/mol. The lowest BCUT2D eigenvalue weighted by Crippen LogP contribution is -2.40. The van der Waals surface area contributed by atoms with Crippen LogP contribution < -0.4 is 0 Å². The molecule has 0 spiro atoms. The van der Waals surface area contributed by atoms with E-state index in [0.29, 0.717) is 5.25 Å². The number of halogens is 1. The average molecular weight is 354 g/mol. The Kier molecular flexibility index (Phi) is 3.80. The maximum Gasteiger partial charge on any atom is 0.177 e. The van der Waals surface area contributed by atoms with Crippen molar-refractivity contribution in [2.45, 2.75) is 47.9 Å². The van der Waals surface area contributed by atoms with Gasteiger partial charge >= 0.3 is 0 Å². The number of imidazole rings is 1. The van der Waals surface area contributed by atoms with Crippen molar-refractivity contribution in [2.75, 3.05) is 7.05 Å². The molecule has 1 N–H and O–H groups in total. The Morgan fingerprint density at radius 3 is 2.59 bits per heavy atom. The zero-order valence-electron chi connectivity index (χ0n) is 12.8. The van der Waals surface area contributed by atoms with Gasteiger partial charge in [0.1, 0.15) is 0 Å². The fourth-order valence-electron chi connectivity index (χ4n) is 4.00. The number of thioether (sulfide) groups is 1. The highest BCUT2D eigenvalue weighted by atomic mass is 35.5. The zero-order valence-corrected chi connectivity index (χ0v) is 15.2. The molecule has 118 valence electrons. The van der Waals surface area contributed by atoms with E-state index >= 15 is 0 Å². The highest BCUT2D eigenvalue weighted by molar-refractivity contribution is 8.00. The molecule has 0 radical (unpaired) electrons. The van der Waals surface area contributed by atoms with Gasteiger partial charge in [-0.15, -0.1) is 11.8 Å². The lowest BCUT2D eigenvalue weighted by molar-refractivity contribution is 0.183. The van der Waals surface area contributed by atoms with Crippen molar-refractivity contribution in [3.05, 3.63) is 21.9 Å². The molecule has 0 saturated carbocycles. The van der Waals surface area contributed by atoms with Gasteiger partial charge in [-0.3, -0.25) is 0 Å². The smallest absolute Gasteiger partial charge is 0.177 e. The van der Waals surface area contributed by atoms with Gasteiger partial charge in [-0.05, 0) is 57.1 Å². The van der Waals surface area contributed by atoms with Gasteiger partial charge in [0.15, 0.2) is 4.77 Å². The van der Waals surface area contributed by atoms with Crippen LogP contribution in [0, 0.1) is 4.77 Å². The summed E-state index contributed by atoms with van der Waals surface area (Å²) in [4.78, 5) is 6.97. The fraction of sp³-hybridized carbons (Fsp3) is 0.562. The third-order valence-corrected chi connectivity index (χ3v) is 7.49. The number of benzene rings is 1. The molecule has 2 bridgehead atoms. The van der Waals surface area contributed by atoms with E-state index in [9.17, 15) is 0 Å². The summed E-state index contributed by atoms with van der Waals surface area (Å²) in [6.45, 7) is 0. The van der Waals surface area contributed by atoms with Crippen LogP contribution >= 0.6 is 35.6 Å². The van der Waals surface area contributed by atoms with Crippen molar-refractivity contribution in [1.82, 2.24) is 14.5 Å². The van der Waals surface area contributed by atoms with Crippen LogP contribution in [0.2, 0.25) is 5.02 Å². The zero-order chi connectivity index (χ0) is 15.4. The number of hydrogen-bond acceptors (Lipinski definition) is 3. The Balaban J connectivity index is 1.64. The molecule has 3 nitrogen and oxygen atoms in total. The summed E-state index contributed by atoms with van der Waals surface area (Å²) in [7, 11) is 4.25. The standard InChI is InChI=1S/C16H20ClN3S2/c1-19-9-3-4-10(19)8-11(7-9)22-13-6-5-12-15(14(13)17)20(2)16(21)18-12/h5-6,9-11H,3-4,7-8H2,1-2H3,(H,18,21)/t9-,10+,11-. The van der Waals surface area contributed by atoms with Crippen molar-refractivity contribution in [1.29, 1.82) is 0 Å². The van der Waals surface area contributed by atoms with Crippen molar-refractivity contribution in [3.63, 3.8) is 0 Å². The van der Waals surface area contributed by atoms with Crippen molar-refractivity contribution in [3.8, 4) is 0 Å². The summed E-state index contributed by atoms with van der Waals surface area (Å²) < 4.78 is 2.69. The van der Waals surface area contributed by atoms with E-state index in [1.54, 1.807) is 0 Å². The molecule has 2 aromatic rings. The highest BCUT2D eigenvalue weighted by Gasteiger charge is 2.38. The number of aryl methyl sites for hydroxylation is 1. The number of piperidine rings is 1. The maximum absolute atomic E-state index is 6.68. The number of aromatic nitrogens is 2. The third-order valence-electron chi connectivity index (χ3n) is 5.31. The van der Waals surface area contributed by atoms with E-state index in [0.717, 1.165) is 32.9 Å². The molecular formula is C16H20ClN3S2. The highest BCUT2D eigenvalue weighted by Crippen LogP contribution is 2.44. The second-order valence-electron chi connectivity index (χ2n) is 6.52. The summed E-state index contributed by atoms with van der Waals surface area (Å²) in [6, 6.07) is 5.77. The molecular weight excluding hydrogens is 334 g/mol. The molecule has 4 rings (SSSR count). The fourth-order valence-corrected chi connectivity index (χ4v) is 5.97. The largest absolute Gasteiger partial charge is 0.331 e. The van der Waals surface area contributed by atoms with Crippen LogP contribution in [0.25, 0.3) is 11.0 Å². The molecule has 2 aliphatic rings. The molecule has 6 heteroatoms. The van der Waals surface area contributed by atoms with Gasteiger partial charge in [-0.1, -0.05) is 11.6 Å². The van der Waals surface area contributed by atoms with Crippen LogP contribution in [0.3, 0.4) is 0 Å². The van der Waals surface area contributed by atoms with Crippen molar-refractivity contribution in [2.24, 2.45) is 7.05 Å². The molecule has 2 fully saturated rings. The minimum absolute atomic E-state index is 0.677. The van der Waals surface area contributed by atoms with E-state index < -0.39 is 0 Å². The maximum atomic E-state index is 6.68. The quantitative estimate of drug-likeness (QED) is 0.798. The van der Waals surface area contributed by atoms with E-state index in [1.165, 1.54) is 30.6 Å². The second-order valence-corrected chi connectivity index (χ2v) is 8.63. The van der Waals surface area contributed by atoms with Crippen LogP contribution in [0.15, 0.2) is 17.0 Å². The Hall–Kier alpha value is -0.490. The van der Waals surface area contributed by atoms with Crippen molar-refractivity contribution >= 4 is 46.6 Å². The molecule has 0 amide bonds. The molecule has 22 heavy (non-hydrogen) atoms. The molecule has 1 aromatic heterocycles. The summed E-state index contributed by atoms with van der Waals surface area (Å²) in [5.41, 5.74) is 2.04. The Bertz CT molecular complexity index is 768. The number of H-pyrrole nitrogens is 1. The number of fused-ring (bicyclic) bond motifs is 3. The van der Waals surface area contributed by atoms with Crippen molar-refractivity contribution < 1.29 is 0 Å². The molecule has 0 unspecified atom stereocenters. The summed E-state index contributed by atoms with van der Waals surface area (Å²) in [5, 5.41) is 1.51. The van der Waals surface area contributed by atoms with E-state index in [2.05, 4.69) is 29.1 Å². The van der Waals surface area contributed by atoms with E-state index in [-0.39, 0.29) is 0 Å². The number of nitrogens with one attached hydrogen (secondary N) is 1. The molecule has 2 saturated heterocycles. The minimum Gasteiger partial charge on any atom is -0.331 e. The van der Waals surface area contributed by atoms with Gasteiger partial charge in [0.05, 0.1) is 16.1 Å². The van der Waals surface area contributed by atoms with Crippen LogP contribution in [-0.4, -0.2) is 38.8 Å². The molecule has 0 aliphatic carbocycles. The number of rotatable bonds is 2. The average Bonchev–Trinajstić information content (AvgIpc) is 2.88. The first kappa shape index (κ1) is 15.1. The minimum atomic E-state index is 0.677. The molecule has 1 aromatic carbocycles. The van der Waals surface area contributed by atoms with Gasteiger partial charge in [0.25, 0.3) is 0 Å². The number of nitrogens with zero attached hydrogens (tertiary/aromatic N) is 2. The van der Waals surface area contributed by atoms with Gasteiger partial charge < -0.3 is 14.5 Å². The topological polar surface area (TPSA) is 24.0 Å². The molecule has 3 atom stereocenters. The third kappa shape index (κ3) is 2.33. The van der Waals surface area contributed by atoms with Gasteiger partial charge in [-0.2, -0.15) is 0 Å². The van der Waals surface area contributed by atoms with E-state index in [1.807, 2.05) is 23.4 Å². The van der Waals surface area contributed by atoms with Crippen LogP contribution in [0.5, 0.6) is 0 Å². The summed E-state index contributed by atoms with van der Waals surface area (Å²) >= 11 is 13.9. The Labute approximate surface area is 145 Å². The second kappa shape index (κ2) is 5.55. The molecule has 2 aliphatic heterocycles. The number of aromatic amines is 1. The summed E-state index contributed by atoms with van der Waals surface area (Å²) in [6.07, 6.45) is 5.27. The summed E-state index contributed by atoms with van der Waals surface area (Å²) in [5.74, 6) is 0. The predicted molar refractivity (Wildman–Crippen MR) is 96.6 cm³/mol. The first-order chi connectivity index (χ1) is 10.5.